The molecule has 2 radical (unpaired) electrons. The maximum Gasteiger partial charge on any atom is 0.113 e. The molecule has 0 spiro atoms. The van der Waals surface area contributed by atoms with E-state index in [0.717, 1.165) is 33.5 Å². The third-order valence-electron chi connectivity index (χ3n) is 6.75. The minimum Gasteiger partial charge on any atom is -0.311 e. The summed E-state index contributed by atoms with van der Waals surface area (Å²) < 4.78 is 0. The van der Waals surface area contributed by atoms with Crippen LogP contribution in [0.5, 0.6) is 0 Å². The lowest BCUT2D eigenvalue weighted by atomic mass is 9.92. The van der Waals surface area contributed by atoms with E-state index in [0.29, 0.717) is 0 Å². The maximum atomic E-state index is 5.99. The Balaban J connectivity index is 1.43. The van der Waals surface area contributed by atoms with Crippen molar-refractivity contribution in [1.82, 2.24) is 0 Å². The van der Waals surface area contributed by atoms with Gasteiger partial charge in [0.25, 0.3) is 0 Å². The van der Waals surface area contributed by atoms with Crippen LogP contribution in [0.15, 0.2) is 152 Å². The van der Waals surface area contributed by atoms with Gasteiger partial charge in [-0.15, -0.1) is 0 Å². The van der Waals surface area contributed by atoms with Gasteiger partial charge in [-0.3, -0.25) is 0 Å². The standard InChI is InChI=1S/C36H26BN/c37-32-21-18-30-24-27(16-17-31(30)26-32)25-36(28-10-4-1-5-11-28)29-19-22-35(23-20-29)38(33-12-6-2-7-13-33)34-14-8-3-9-15-34/h1-26H/b36-25+. The first-order valence-electron chi connectivity index (χ1n) is 12.8. The van der Waals surface area contributed by atoms with Crippen molar-refractivity contribution < 1.29 is 0 Å². The molecule has 0 aliphatic rings. The Hall–Kier alpha value is -4.82. The molecule has 0 aliphatic carbocycles. The maximum absolute atomic E-state index is 5.99. The molecule has 0 heterocycles. The smallest absolute Gasteiger partial charge is 0.113 e. The molecule has 178 valence electrons. The van der Waals surface area contributed by atoms with Gasteiger partial charge in [-0.2, -0.15) is 0 Å². The van der Waals surface area contributed by atoms with Gasteiger partial charge in [-0.05, 0) is 81.6 Å². The Bertz CT molecular complexity index is 1650. The van der Waals surface area contributed by atoms with Gasteiger partial charge >= 0.3 is 0 Å². The Morgan fingerprint density at radius 2 is 0.974 bits per heavy atom. The fourth-order valence-corrected chi connectivity index (χ4v) is 4.88. The highest BCUT2D eigenvalue weighted by Crippen LogP contribution is 2.36. The zero-order chi connectivity index (χ0) is 25.7. The minimum atomic E-state index is 0.783. The van der Waals surface area contributed by atoms with E-state index in [1.165, 1.54) is 22.1 Å². The Morgan fingerprint density at radius 3 is 1.61 bits per heavy atom. The number of hydrogen-bond acceptors (Lipinski definition) is 1. The first kappa shape index (κ1) is 23.6. The van der Waals surface area contributed by atoms with Crippen LogP contribution in [0.4, 0.5) is 17.1 Å². The molecule has 0 N–H and O–H groups in total. The summed E-state index contributed by atoms with van der Waals surface area (Å²) in [4.78, 5) is 2.28. The summed E-state index contributed by atoms with van der Waals surface area (Å²) in [7, 11) is 5.99. The van der Waals surface area contributed by atoms with E-state index in [1.807, 2.05) is 12.1 Å². The number of rotatable bonds is 6. The second kappa shape index (κ2) is 10.7. The van der Waals surface area contributed by atoms with Gasteiger partial charge in [-0.1, -0.05) is 115 Å². The van der Waals surface area contributed by atoms with E-state index >= 15 is 0 Å². The minimum absolute atomic E-state index is 0.783. The average molecular weight is 483 g/mol. The van der Waals surface area contributed by atoms with E-state index in [-0.39, 0.29) is 0 Å². The van der Waals surface area contributed by atoms with Crippen LogP contribution in [0.3, 0.4) is 0 Å². The van der Waals surface area contributed by atoms with Crippen LogP contribution in [0.1, 0.15) is 16.7 Å². The predicted octanol–water partition coefficient (Wildman–Crippen LogP) is 8.69. The highest BCUT2D eigenvalue weighted by atomic mass is 15.1. The third kappa shape index (κ3) is 5.03. The van der Waals surface area contributed by atoms with E-state index in [2.05, 4.69) is 151 Å². The molecule has 0 bridgehead atoms. The van der Waals surface area contributed by atoms with Gasteiger partial charge in [0.15, 0.2) is 0 Å². The summed E-state index contributed by atoms with van der Waals surface area (Å²) in [6.45, 7) is 0. The first-order chi connectivity index (χ1) is 18.7. The molecular weight excluding hydrogens is 457 g/mol. The molecule has 0 aromatic heterocycles. The molecule has 6 rings (SSSR count). The topological polar surface area (TPSA) is 3.24 Å². The van der Waals surface area contributed by atoms with E-state index in [1.54, 1.807) is 0 Å². The van der Waals surface area contributed by atoms with Crippen molar-refractivity contribution in [2.45, 2.75) is 0 Å². The second-order valence-electron chi connectivity index (χ2n) is 9.34. The fraction of sp³-hybridized carbons (Fsp3) is 0. The molecular formula is C36H26BN. The lowest BCUT2D eigenvalue weighted by Gasteiger charge is -2.25. The molecule has 6 aromatic carbocycles. The number of anilines is 3. The van der Waals surface area contributed by atoms with Crippen LogP contribution in [-0.2, 0) is 0 Å². The zero-order valence-corrected chi connectivity index (χ0v) is 21.0. The van der Waals surface area contributed by atoms with Crippen molar-refractivity contribution in [3.63, 3.8) is 0 Å². The van der Waals surface area contributed by atoms with Crippen LogP contribution in [-0.4, -0.2) is 7.85 Å². The highest BCUT2D eigenvalue weighted by molar-refractivity contribution is 6.33. The summed E-state index contributed by atoms with van der Waals surface area (Å²) >= 11 is 0. The number of hydrogen-bond donors (Lipinski definition) is 0. The van der Waals surface area contributed by atoms with Crippen LogP contribution in [0.2, 0.25) is 0 Å². The average Bonchev–Trinajstić information content (AvgIpc) is 2.98. The lowest BCUT2D eigenvalue weighted by molar-refractivity contribution is 1.28. The molecule has 0 fully saturated rings. The van der Waals surface area contributed by atoms with Gasteiger partial charge in [0, 0.05) is 17.1 Å². The summed E-state index contributed by atoms with van der Waals surface area (Å²) in [6, 6.07) is 53.0. The molecule has 2 heteroatoms. The molecule has 0 saturated heterocycles. The monoisotopic (exact) mass is 483 g/mol. The van der Waals surface area contributed by atoms with Gasteiger partial charge < -0.3 is 4.90 Å². The highest BCUT2D eigenvalue weighted by Gasteiger charge is 2.13. The van der Waals surface area contributed by atoms with E-state index in [9.17, 15) is 0 Å². The number of fused-ring (bicyclic) bond motifs is 1. The van der Waals surface area contributed by atoms with Crippen molar-refractivity contribution in [3.05, 3.63) is 168 Å². The molecule has 6 aromatic rings. The Labute approximate surface area is 225 Å². The number of para-hydroxylation sites is 2. The van der Waals surface area contributed by atoms with Crippen molar-refractivity contribution in [2.24, 2.45) is 0 Å². The normalized spacial score (nSPS) is 11.4. The third-order valence-corrected chi connectivity index (χ3v) is 6.75. The summed E-state index contributed by atoms with van der Waals surface area (Å²) in [5.41, 5.74) is 8.83. The summed E-state index contributed by atoms with van der Waals surface area (Å²) in [5.74, 6) is 0. The van der Waals surface area contributed by atoms with Crippen LogP contribution in [0, 0.1) is 0 Å². The number of benzene rings is 6. The SMILES string of the molecule is [B]c1ccc2cc(/C=C(\c3ccccc3)c3ccc(N(c4ccccc4)c4ccccc4)cc3)ccc2c1. The summed E-state index contributed by atoms with van der Waals surface area (Å²) in [6.07, 6.45) is 2.27. The molecule has 1 nitrogen and oxygen atoms in total. The van der Waals surface area contributed by atoms with Crippen molar-refractivity contribution >= 4 is 52.8 Å². The molecule has 38 heavy (non-hydrogen) atoms. The van der Waals surface area contributed by atoms with Gasteiger partial charge in [-0.25, -0.2) is 0 Å². The predicted molar refractivity (Wildman–Crippen MR) is 164 cm³/mol. The Morgan fingerprint density at radius 1 is 0.474 bits per heavy atom. The van der Waals surface area contributed by atoms with E-state index in [4.69, 9.17) is 7.85 Å². The molecule has 0 unspecified atom stereocenters. The quantitative estimate of drug-likeness (QED) is 0.169. The van der Waals surface area contributed by atoms with Crippen molar-refractivity contribution in [1.29, 1.82) is 0 Å². The van der Waals surface area contributed by atoms with Crippen molar-refractivity contribution in [2.75, 3.05) is 4.90 Å². The Kier molecular flexibility index (Phi) is 6.61. The van der Waals surface area contributed by atoms with Gasteiger partial charge in [0.05, 0.1) is 0 Å². The second-order valence-corrected chi connectivity index (χ2v) is 9.34. The van der Waals surface area contributed by atoms with Gasteiger partial charge in [0.1, 0.15) is 7.85 Å². The fourth-order valence-electron chi connectivity index (χ4n) is 4.88. The molecule has 0 amide bonds. The number of nitrogens with zero attached hydrogens (tertiary/aromatic N) is 1. The first-order valence-corrected chi connectivity index (χ1v) is 12.8. The van der Waals surface area contributed by atoms with Crippen LogP contribution in [0.25, 0.3) is 22.4 Å². The lowest BCUT2D eigenvalue weighted by Crippen LogP contribution is -2.09. The van der Waals surface area contributed by atoms with Gasteiger partial charge in [0.2, 0.25) is 0 Å². The summed E-state index contributed by atoms with van der Waals surface area (Å²) in [5, 5.41) is 2.33. The largest absolute Gasteiger partial charge is 0.311 e. The molecule has 0 aliphatic heterocycles. The molecule has 0 saturated carbocycles. The van der Waals surface area contributed by atoms with E-state index < -0.39 is 0 Å². The zero-order valence-electron chi connectivity index (χ0n) is 21.0. The van der Waals surface area contributed by atoms with Crippen LogP contribution < -0.4 is 10.4 Å². The van der Waals surface area contributed by atoms with Crippen molar-refractivity contribution in [3.8, 4) is 0 Å². The molecule has 0 atom stereocenters. The van der Waals surface area contributed by atoms with Crippen LogP contribution >= 0.6 is 0 Å².